The number of amides is 2. The monoisotopic (exact) mass is 380 g/mol. The number of thioether (sulfide) groups is 1. The lowest BCUT2D eigenvalue weighted by molar-refractivity contribution is -0.128. The standard InChI is InChI=1S/C22H24N2O2S/c25-20-16-27-22(24(20)15-12-17-6-2-1-3-7-17)19-10-8-18(9-11-19)21(26)23-13-4-5-14-23/h1-3,6-11,22H,4-5,12-16H2. The zero-order valence-corrected chi connectivity index (χ0v) is 16.2. The van der Waals surface area contributed by atoms with E-state index in [-0.39, 0.29) is 17.2 Å². The molecule has 2 heterocycles. The van der Waals surface area contributed by atoms with E-state index in [0.717, 1.165) is 50.0 Å². The number of hydrogen-bond donors (Lipinski definition) is 0. The van der Waals surface area contributed by atoms with Crippen LogP contribution in [0.5, 0.6) is 0 Å². The van der Waals surface area contributed by atoms with Crippen LogP contribution in [0, 0.1) is 0 Å². The Labute approximate surface area is 164 Å². The highest BCUT2D eigenvalue weighted by atomic mass is 32.2. The molecule has 0 spiro atoms. The minimum absolute atomic E-state index is 0.0390. The molecule has 2 aliphatic heterocycles. The van der Waals surface area contributed by atoms with Crippen LogP contribution in [0.3, 0.4) is 0 Å². The van der Waals surface area contributed by atoms with E-state index in [0.29, 0.717) is 5.75 Å². The molecule has 2 aromatic carbocycles. The molecule has 2 aromatic rings. The summed E-state index contributed by atoms with van der Waals surface area (Å²) in [4.78, 5) is 28.8. The number of likely N-dealkylation sites (tertiary alicyclic amines) is 1. The summed E-state index contributed by atoms with van der Waals surface area (Å²) in [6, 6.07) is 18.1. The van der Waals surface area contributed by atoms with Gasteiger partial charge < -0.3 is 9.80 Å². The lowest BCUT2D eigenvalue weighted by atomic mass is 10.1. The molecule has 0 aliphatic carbocycles. The highest BCUT2D eigenvalue weighted by Crippen LogP contribution is 2.38. The van der Waals surface area contributed by atoms with Crippen molar-refractivity contribution < 1.29 is 9.59 Å². The summed E-state index contributed by atoms with van der Waals surface area (Å²) in [5.41, 5.74) is 3.08. The molecule has 27 heavy (non-hydrogen) atoms. The lowest BCUT2D eigenvalue weighted by Gasteiger charge is -2.24. The second kappa shape index (κ2) is 8.17. The Morgan fingerprint density at radius 3 is 2.41 bits per heavy atom. The fraction of sp³-hybridized carbons (Fsp3) is 0.364. The number of rotatable bonds is 5. The van der Waals surface area contributed by atoms with E-state index in [9.17, 15) is 9.59 Å². The van der Waals surface area contributed by atoms with Gasteiger partial charge in [-0.2, -0.15) is 0 Å². The van der Waals surface area contributed by atoms with Gasteiger partial charge >= 0.3 is 0 Å². The molecule has 0 aromatic heterocycles. The number of carbonyl (C=O) groups is 2. The van der Waals surface area contributed by atoms with E-state index < -0.39 is 0 Å². The zero-order chi connectivity index (χ0) is 18.6. The maximum atomic E-state index is 12.5. The van der Waals surface area contributed by atoms with Crippen molar-refractivity contribution in [1.29, 1.82) is 0 Å². The minimum atomic E-state index is 0.0390. The van der Waals surface area contributed by atoms with Gasteiger partial charge in [-0.1, -0.05) is 42.5 Å². The second-order valence-electron chi connectivity index (χ2n) is 7.11. The fourth-order valence-electron chi connectivity index (χ4n) is 3.76. The molecule has 4 nitrogen and oxygen atoms in total. The van der Waals surface area contributed by atoms with Crippen molar-refractivity contribution in [3.8, 4) is 0 Å². The Morgan fingerprint density at radius 1 is 1.00 bits per heavy atom. The SMILES string of the molecule is O=C(c1ccc(C2SCC(=O)N2CCc2ccccc2)cc1)N1CCCC1. The molecule has 0 N–H and O–H groups in total. The van der Waals surface area contributed by atoms with Crippen molar-refractivity contribution in [3.05, 3.63) is 71.3 Å². The molecule has 1 atom stereocenters. The molecular weight excluding hydrogens is 356 g/mol. The number of nitrogens with zero attached hydrogens (tertiary/aromatic N) is 2. The van der Waals surface area contributed by atoms with E-state index in [2.05, 4.69) is 12.1 Å². The van der Waals surface area contributed by atoms with E-state index >= 15 is 0 Å². The van der Waals surface area contributed by atoms with Gasteiger partial charge in [0.05, 0.1) is 5.75 Å². The third-order valence-corrected chi connectivity index (χ3v) is 6.54. The van der Waals surface area contributed by atoms with Crippen LogP contribution < -0.4 is 0 Å². The summed E-state index contributed by atoms with van der Waals surface area (Å²) >= 11 is 1.67. The molecule has 2 aliphatic rings. The van der Waals surface area contributed by atoms with Crippen LogP contribution in [0.25, 0.3) is 0 Å². The highest BCUT2D eigenvalue weighted by Gasteiger charge is 2.32. The van der Waals surface area contributed by atoms with Gasteiger partial charge in [-0.3, -0.25) is 9.59 Å². The van der Waals surface area contributed by atoms with E-state index in [1.165, 1.54) is 5.56 Å². The third-order valence-electron chi connectivity index (χ3n) is 5.29. The third kappa shape index (κ3) is 4.03. The predicted octanol–water partition coefficient (Wildman–Crippen LogP) is 3.74. The van der Waals surface area contributed by atoms with Crippen LogP contribution in [-0.4, -0.2) is 47.0 Å². The largest absolute Gasteiger partial charge is 0.339 e. The first-order chi connectivity index (χ1) is 13.2. The molecule has 4 rings (SSSR count). The minimum Gasteiger partial charge on any atom is -0.339 e. The summed E-state index contributed by atoms with van der Waals surface area (Å²) < 4.78 is 0. The van der Waals surface area contributed by atoms with Crippen molar-refractivity contribution in [2.24, 2.45) is 0 Å². The highest BCUT2D eigenvalue weighted by molar-refractivity contribution is 8.00. The summed E-state index contributed by atoms with van der Waals surface area (Å²) in [5.74, 6) is 0.835. The van der Waals surface area contributed by atoms with Crippen molar-refractivity contribution in [3.63, 3.8) is 0 Å². The molecule has 5 heteroatoms. The first-order valence-corrected chi connectivity index (χ1v) is 10.6. The topological polar surface area (TPSA) is 40.6 Å². The summed E-state index contributed by atoms with van der Waals surface area (Å²) in [7, 11) is 0. The van der Waals surface area contributed by atoms with Gasteiger partial charge in [0.2, 0.25) is 5.91 Å². The van der Waals surface area contributed by atoms with Gasteiger partial charge in [-0.25, -0.2) is 0 Å². The van der Waals surface area contributed by atoms with Crippen LogP contribution in [-0.2, 0) is 11.2 Å². The average molecular weight is 381 g/mol. The van der Waals surface area contributed by atoms with Gasteiger partial charge in [0.15, 0.2) is 0 Å². The second-order valence-corrected chi connectivity index (χ2v) is 8.18. The molecule has 2 fully saturated rings. The zero-order valence-electron chi connectivity index (χ0n) is 15.3. The molecule has 2 amide bonds. The summed E-state index contributed by atoms with van der Waals surface area (Å²) in [6.45, 7) is 2.44. The van der Waals surface area contributed by atoms with E-state index in [4.69, 9.17) is 0 Å². The van der Waals surface area contributed by atoms with Gasteiger partial charge in [0.25, 0.3) is 5.91 Å². The Hall–Kier alpha value is -2.27. The van der Waals surface area contributed by atoms with Gasteiger partial charge in [-0.05, 0) is 42.5 Å². The van der Waals surface area contributed by atoms with E-state index in [1.54, 1.807) is 11.8 Å². The molecule has 0 radical (unpaired) electrons. The van der Waals surface area contributed by atoms with Crippen LogP contribution >= 0.6 is 11.8 Å². The van der Waals surface area contributed by atoms with Crippen molar-refractivity contribution in [2.75, 3.05) is 25.4 Å². The number of benzene rings is 2. The quantitative estimate of drug-likeness (QED) is 0.793. The molecule has 2 saturated heterocycles. The normalized spacial score (nSPS) is 19.7. The number of carbonyl (C=O) groups excluding carboxylic acids is 2. The van der Waals surface area contributed by atoms with Crippen LogP contribution in [0.4, 0.5) is 0 Å². The summed E-state index contributed by atoms with van der Waals surface area (Å²) in [6.07, 6.45) is 3.05. The molecule has 1 unspecified atom stereocenters. The lowest BCUT2D eigenvalue weighted by Crippen LogP contribution is -2.30. The van der Waals surface area contributed by atoms with Crippen molar-refractivity contribution in [1.82, 2.24) is 9.80 Å². The van der Waals surface area contributed by atoms with Crippen LogP contribution in [0.15, 0.2) is 54.6 Å². The average Bonchev–Trinajstić information content (AvgIpc) is 3.37. The van der Waals surface area contributed by atoms with Gasteiger partial charge in [0, 0.05) is 25.2 Å². The van der Waals surface area contributed by atoms with Crippen LogP contribution in [0.2, 0.25) is 0 Å². The Bertz CT molecular complexity index is 801. The Morgan fingerprint density at radius 2 is 1.70 bits per heavy atom. The molecule has 0 bridgehead atoms. The Kier molecular flexibility index (Phi) is 5.48. The van der Waals surface area contributed by atoms with Crippen molar-refractivity contribution >= 4 is 23.6 Å². The van der Waals surface area contributed by atoms with Crippen molar-refractivity contribution in [2.45, 2.75) is 24.6 Å². The fourth-order valence-corrected chi connectivity index (χ4v) is 4.98. The van der Waals surface area contributed by atoms with Crippen LogP contribution in [0.1, 0.15) is 39.7 Å². The van der Waals surface area contributed by atoms with Gasteiger partial charge in [-0.15, -0.1) is 11.8 Å². The maximum absolute atomic E-state index is 12.5. The molecule has 140 valence electrons. The summed E-state index contributed by atoms with van der Waals surface area (Å²) in [5, 5.41) is 0.0390. The molecular formula is C22H24N2O2S. The maximum Gasteiger partial charge on any atom is 0.253 e. The van der Waals surface area contributed by atoms with Gasteiger partial charge in [0.1, 0.15) is 5.37 Å². The predicted molar refractivity (Wildman–Crippen MR) is 109 cm³/mol. The first-order valence-electron chi connectivity index (χ1n) is 9.56. The van der Waals surface area contributed by atoms with E-state index in [1.807, 2.05) is 52.3 Å². The first kappa shape index (κ1) is 18.1. The molecule has 0 saturated carbocycles. The Balaban J connectivity index is 1.44. The smallest absolute Gasteiger partial charge is 0.253 e. The number of hydrogen-bond acceptors (Lipinski definition) is 3.